The SMILES string of the molecule is C=CCCCCCCCCCOP(=O)(OCCCCCCCC=C)OCCCCCCCCCC=C.C=CCCCCOP(=O)(OCCCCC=C)OCCCCC=C.C=CCCOP(=O)(OCCC=C)OCCC=C.C=CCOP(=O)(OCC=C)OCC=C. The molecule has 0 N–H and O–H groups in total. The van der Waals surface area contributed by atoms with Crippen LogP contribution >= 0.6 is 31.3 Å². The van der Waals surface area contributed by atoms with Gasteiger partial charge in [0.1, 0.15) is 0 Å². The Labute approximate surface area is 550 Å². The summed E-state index contributed by atoms with van der Waals surface area (Å²) < 4.78 is 113. The van der Waals surface area contributed by atoms with Gasteiger partial charge in [0.15, 0.2) is 0 Å². The average Bonchev–Trinajstić information content (AvgIpc) is 3.75. The Balaban J connectivity index is -0.000000588. The molecule has 0 aromatic carbocycles. The number of phosphoric acid groups is 4. The van der Waals surface area contributed by atoms with Crippen LogP contribution in [0.25, 0.3) is 0 Å². The third kappa shape index (κ3) is 72.7. The lowest BCUT2D eigenvalue weighted by atomic mass is 10.1. The molecule has 0 rings (SSSR count). The molecule has 20 heteroatoms. The van der Waals surface area contributed by atoms with Crippen molar-refractivity contribution in [1.29, 1.82) is 0 Å². The summed E-state index contributed by atoms with van der Waals surface area (Å²) >= 11 is 0. The average molecular weight is 1350 g/mol. The Morgan fingerprint density at radius 2 is 0.311 bits per heavy atom. The molecule has 0 aliphatic rings. The first kappa shape index (κ1) is 93.7. The second-order valence-electron chi connectivity index (χ2n) is 20.6. The van der Waals surface area contributed by atoms with E-state index in [-0.39, 0.29) is 39.6 Å². The maximum atomic E-state index is 13.2. The first-order chi connectivity index (χ1) is 43.7. The molecule has 90 heavy (non-hydrogen) atoms. The molecule has 0 fully saturated rings. The van der Waals surface area contributed by atoms with E-state index in [2.05, 4.69) is 78.9 Å². The number of hydrogen-bond acceptors (Lipinski definition) is 16. The van der Waals surface area contributed by atoms with E-state index in [0.29, 0.717) is 58.9 Å². The van der Waals surface area contributed by atoms with Crippen molar-refractivity contribution < 1.29 is 72.5 Å². The van der Waals surface area contributed by atoms with Crippen LogP contribution in [0.5, 0.6) is 0 Å². The molecule has 0 aliphatic heterocycles. The van der Waals surface area contributed by atoms with Crippen LogP contribution in [0.15, 0.2) is 152 Å². The van der Waals surface area contributed by atoms with Crippen molar-refractivity contribution in [2.45, 2.75) is 218 Å². The predicted molar refractivity (Wildman–Crippen MR) is 381 cm³/mol. The molecular formula is C70H128O16P4. The van der Waals surface area contributed by atoms with Gasteiger partial charge in [0, 0.05) is 0 Å². The van der Waals surface area contributed by atoms with E-state index in [1.54, 1.807) is 18.2 Å². The van der Waals surface area contributed by atoms with Crippen LogP contribution in [0.3, 0.4) is 0 Å². The second kappa shape index (κ2) is 75.3. The zero-order valence-electron chi connectivity index (χ0n) is 56.3. The molecule has 0 bridgehead atoms. The molecule has 0 saturated heterocycles. The minimum atomic E-state index is -3.48. The van der Waals surface area contributed by atoms with Gasteiger partial charge < -0.3 is 0 Å². The van der Waals surface area contributed by atoms with Gasteiger partial charge >= 0.3 is 31.3 Å². The van der Waals surface area contributed by atoms with Crippen LogP contribution in [0, 0.1) is 0 Å². The van der Waals surface area contributed by atoms with Crippen LogP contribution in [0.1, 0.15) is 218 Å². The molecular weight excluding hydrogens is 1220 g/mol. The largest absolute Gasteiger partial charge is 0.475 e. The van der Waals surface area contributed by atoms with E-state index in [4.69, 9.17) is 54.3 Å². The Kier molecular flexibility index (Phi) is 78.5. The number of hydrogen-bond donors (Lipinski definition) is 0. The molecule has 0 amide bonds. The van der Waals surface area contributed by atoms with Crippen molar-refractivity contribution in [2.24, 2.45) is 0 Å². The molecule has 0 radical (unpaired) electrons. The monoisotopic (exact) mass is 1350 g/mol. The molecule has 16 nitrogen and oxygen atoms in total. The van der Waals surface area contributed by atoms with E-state index in [9.17, 15) is 18.3 Å². The Hall–Kier alpha value is -2.68. The molecule has 0 aliphatic carbocycles. The summed E-state index contributed by atoms with van der Waals surface area (Å²) in [4.78, 5) is 0. The minimum absolute atomic E-state index is 0.103. The fraction of sp³-hybridized carbons (Fsp3) is 0.657. The van der Waals surface area contributed by atoms with Crippen LogP contribution in [-0.4, -0.2) is 79.3 Å². The van der Waals surface area contributed by atoms with Crippen molar-refractivity contribution in [3.05, 3.63) is 152 Å². The highest BCUT2D eigenvalue weighted by Gasteiger charge is 2.28. The highest BCUT2D eigenvalue weighted by atomic mass is 31.2. The van der Waals surface area contributed by atoms with Gasteiger partial charge in [0.05, 0.1) is 79.3 Å². The van der Waals surface area contributed by atoms with Crippen LogP contribution < -0.4 is 0 Å². The summed E-state index contributed by atoms with van der Waals surface area (Å²) in [6.45, 7) is 46.9. The highest BCUT2D eigenvalue weighted by Crippen LogP contribution is 2.52. The summed E-state index contributed by atoms with van der Waals surface area (Å²) in [6, 6.07) is 0. The smallest absolute Gasteiger partial charge is 0.287 e. The van der Waals surface area contributed by atoms with Gasteiger partial charge in [-0.1, -0.05) is 156 Å². The quantitative estimate of drug-likeness (QED) is 0.0319. The molecule has 0 unspecified atom stereocenters. The molecule has 0 aromatic heterocycles. The van der Waals surface area contributed by atoms with Gasteiger partial charge in [-0.15, -0.1) is 78.9 Å². The van der Waals surface area contributed by atoms with Crippen molar-refractivity contribution in [3.8, 4) is 0 Å². The zero-order chi connectivity index (χ0) is 67.5. The van der Waals surface area contributed by atoms with Gasteiger partial charge in [-0.05, 0) is 135 Å². The lowest BCUT2D eigenvalue weighted by Crippen LogP contribution is -2.04. The third-order valence-electron chi connectivity index (χ3n) is 12.3. The summed E-state index contributed by atoms with van der Waals surface area (Å²) in [5.41, 5.74) is 0. The van der Waals surface area contributed by atoms with Gasteiger partial charge in [0.2, 0.25) is 0 Å². The first-order valence-electron chi connectivity index (χ1n) is 33.2. The maximum absolute atomic E-state index is 13.2. The lowest BCUT2D eigenvalue weighted by molar-refractivity contribution is 0.108. The molecule has 0 saturated carbocycles. The second-order valence-corrected chi connectivity index (χ2v) is 27.3. The molecule has 0 spiro atoms. The number of rotatable bonds is 70. The lowest BCUT2D eigenvalue weighted by Gasteiger charge is -2.18. The van der Waals surface area contributed by atoms with E-state index in [0.717, 1.165) is 116 Å². The summed E-state index contributed by atoms with van der Waals surface area (Å²) in [5.74, 6) is 0. The van der Waals surface area contributed by atoms with Crippen molar-refractivity contribution in [2.75, 3.05) is 79.3 Å². The summed E-state index contributed by atoms with van der Waals surface area (Å²) in [7, 11) is -13.8. The van der Waals surface area contributed by atoms with Gasteiger partial charge in [-0.2, -0.15) is 0 Å². The van der Waals surface area contributed by atoms with Crippen molar-refractivity contribution in [1.82, 2.24) is 0 Å². The van der Waals surface area contributed by atoms with Crippen molar-refractivity contribution in [3.63, 3.8) is 0 Å². The first-order valence-corrected chi connectivity index (χ1v) is 39.0. The summed E-state index contributed by atoms with van der Waals surface area (Å²) in [6.07, 6.45) is 56.3. The van der Waals surface area contributed by atoms with E-state index >= 15 is 0 Å². The van der Waals surface area contributed by atoms with Gasteiger partial charge in [-0.3, -0.25) is 54.3 Å². The Morgan fingerprint density at radius 1 is 0.167 bits per heavy atom. The predicted octanol–water partition coefficient (Wildman–Crippen LogP) is 24.1. The number of unbranched alkanes of at least 4 members (excludes halogenated alkanes) is 25. The molecule has 0 aromatic rings. The zero-order valence-corrected chi connectivity index (χ0v) is 59.8. The minimum Gasteiger partial charge on any atom is -0.287 e. The van der Waals surface area contributed by atoms with Gasteiger partial charge in [0.25, 0.3) is 0 Å². The van der Waals surface area contributed by atoms with E-state index in [1.165, 1.54) is 102 Å². The third-order valence-corrected chi connectivity index (χ3v) is 18.2. The fourth-order valence-electron chi connectivity index (χ4n) is 7.32. The molecule has 0 atom stereocenters. The number of phosphoric ester groups is 4. The van der Waals surface area contributed by atoms with Crippen LogP contribution in [-0.2, 0) is 72.5 Å². The standard InChI is InChI=1S/C31H59O4P.C18H33O4P.C12H21O4P.C9H15O4P/c1-4-7-10-13-16-18-21-24-27-30-34-36(32,33-29-26-23-20-15-12-9-6-3)35-31-28-25-22-19-17-14-11-8-5-2;1-4-7-10-13-16-20-23(19,21-17-14-11-8-5-2)22-18-15-12-9-6-3;1-4-7-10-14-17(13,15-11-8-5-2)16-12-9-6-3;1-4-7-11-14(10,12-8-5-2)13-9-6-3/h4-6H,1-3,7-31H2;4-6H,1-3,7-18H2;4-6H,1-3,7-12H2;4-6H,1-3,7-9H2. The Bertz CT molecular complexity index is 1760. The maximum Gasteiger partial charge on any atom is 0.475 e. The van der Waals surface area contributed by atoms with E-state index < -0.39 is 31.3 Å². The molecule has 0 heterocycles. The van der Waals surface area contributed by atoms with Gasteiger partial charge in [-0.25, -0.2) is 18.3 Å². The van der Waals surface area contributed by atoms with E-state index in [1.807, 2.05) is 36.5 Å². The highest BCUT2D eigenvalue weighted by molar-refractivity contribution is 7.49. The summed E-state index contributed by atoms with van der Waals surface area (Å²) in [5, 5.41) is 0. The van der Waals surface area contributed by atoms with Crippen LogP contribution in [0.4, 0.5) is 0 Å². The number of allylic oxidation sites excluding steroid dienone is 6. The Morgan fingerprint density at radius 3 is 0.500 bits per heavy atom. The normalized spacial score (nSPS) is 11.3. The van der Waals surface area contributed by atoms with Crippen LogP contribution in [0.2, 0.25) is 0 Å². The molecule has 524 valence electrons. The van der Waals surface area contributed by atoms with Crippen molar-refractivity contribution >= 4 is 31.3 Å². The topological polar surface area (TPSA) is 179 Å². The fourth-order valence-corrected chi connectivity index (χ4v) is 12.2.